The highest BCUT2D eigenvalue weighted by Gasteiger charge is 2.15. The lowest BCUT2D eigenvalue weighted by Gasteiger charge is -2.14. The Hall–Kier alpha value is -0.970. The second kappa shape index (κ2) is 6.98. The predicted molar refractivity (Wildman–Crippen MR) is 72.6 cm³/mol. The molecule has 2 N–H and O–H groups in total. The molecular weight excluding hydrogens is 245 g/mol. The maximum absolute atomic E-state index is 13.1. The molecular formula is C15H22FNO2. The van der Waals surface area contributed by atoms with E-state index in [0.717, 1.165) is 38.1 Å². The molecule has 0 spiro atoms. The van der Waals surface area contributed by atoms with Gasteiger partial charge in [-0.3, -0.25) is 0 Å². The predicted octanol–water partition coefficient (Wildman–Crippen LogP) is 2.33. The number of ether oxygens (including phenoxy) is 1. The van der Waals surface area contributed by atoms with E-state index in [9.17, 15) is 9.50 Å². The number of halogens is 1. The van der Waals surface area contributed by atoms with E-state index in [4.69, 9.17) is 4.74 Å². The quantitative estimate of drug-likeness (QED) is 0.777. The van der Waals surface area contributed by atoms with Crippen molar-refractivity contribution in [1.82, 2.24) is 5.32 Å². The van der Waals surface area contributed by atoms with Crippen molar-refractivity contribution < 1.29 is 14.2 Å². The van der Waals surface area contributed by atoms with E-state index in [1.165, 1.54) is 6.07 Å². The van der Waals surface area contributed by atoms with Gasteiger partial charge in [0.05, 0.1) is 12.2 Å². The molecule has 0 saturated carbocycles. The van der Waals surface area contributed by atoms with Crippen LogP contribution >= 0.6 is 0 Å². The van der Waals surface area contributed by atoms with Crippen molar-refractivity contribution in [3.05, 3.63) is 35.1 Å². The summed E-state index contributed by atoms with van der Waals surface area (Å²) in [7, 11) is 0. The highest BCUT2D eigenvalue weighted by Crippen LogP contribution is 2.19. The molecule has 1 saturated heterocycles. The number of hydrogen-bond donors (Lipinski definition) is 2. The highest BCUT2D eigenvalue weighted by atomic mass is 19.1. The van der Waals surface area contributed by atoms with Gasteiger partial charge in [0.2, 0.25) is 0 Å². The molecule has 1 aliphatic heterocycles. The first-order valence-corrected chi connectivity index (χ1v) is 6.93. The van der Waals surface area contributed by atoms with Crippen LogP contribution in [-0.2, 0) is 4.74 Å². The molecule has 3 nitrogen and oxygen atoms in total. The minimum absolute atomic E-state index is 0.229. The Morgan fingerprint density at radius 1 is 1.53 bits per heavy atom. The molecule has 2 rings (SSSR count). The Morgan fingerprint density at radius 2 is 2.37 bits per heavy atom. The molecule has 2 atom stereocenters. The van der Waals surface area contributed by atoms with Crippen LogP contribution in [0.25, 0.3) is 0 Å². The third kappa shape index (κ3) is 4.27. The van der Waals surface area contributed by atoms with Gasteiger partial charge in [-0.25, -0.2) is 4.39 Å². The van der Waals surface area contributed by atoms with Crippen LogP contribution in [-0.4, -0.2) is 30.9 Å². The standard InChI is InChI=1S/C15H22FNO2/c1-11-9-12(4-5-14(11)16)15(18)6-7-17-10-13-3-2-8-19-13/h4-5,9,13,15,17-18H,2-3,6-8,10H2,1H3. The highest BCUT2D eigenvalue weighted by molar-refractivity contribution is 5.25. The summed E-state index contributed by atoms with van der Waals surface area (Å²) in [4.78, 5) is 0. The summed E-state index contributed by atoms with van der Waals surface area (Å²) >= 11 is 0. The van der Waals surface area contributed by atoms with Crippen LogP contribution < -0.4 is 5.32 Å². The second-order valence-electron chi connectivity index (χ2n) is 5.15. The third-order valence-corrected chi connectivity index (χ3v) is 3.56. The monoisotopic (exact) mass is 267 g/mol. The van der Waals surface area contributed by atoms with Gasteiger partial charge in [0.15, 0.2) is 0 Å². The SMILES string of the molecule is Cc1cc(C(O)CCNCC2CCCO2)ccc1F. The van der Waals surface area contributed by atoms with Crippen LogP contribution in [0.2, 0.25) is 0 Å². The minimum Gasteiger partial charge on any atom is -0.388 e. The first-order chi connectivity index (χ1) is 9.16. The number of rotatable bonds is 6. The Morgan fingerprint density at radius 3 is 3.05 bits per heavy atom. The molecule has 2 unspecified atom stereocenters. The van der Waals surface area contributed by atoms with Crippen LogP contribution in [0.15, 0.2) is 18.2 Å². The maximum Gasteiger partial charge on any atom is 0.126 e. The van der Waals surface area contributed by atoms with E-state index < -0.39 is 6.10 Å². The molecule has 1 heterocycles. The van der Waals surface area contributed by atoms with Gasteiger partial charge in [0.1, 0.15) is 5.82 Å². The molecule has 0 aliphatic carbocycles. The average Bonchev–Trinajstić information content (AvgIpc) is 2.91. The van der Waals surface area contributed by atoms with E-state index in [1.54, 1.807) is 19.1 Å². The molecule has 1 fully saturated rings. The smallest absolute Gasteiger partial charge is 0.126 e. The summed E-state index contributed by atoms with van der Waals surface area (Å²) in [5.74, 6) is -0.229. The summed E-state index contributed by atoms with van der Waals surface area (Å²) in [5.41, 5.74) is 1.35. The normalized spacial score (nSPS) is 20.7. The van der Waals surface area contributed by atoms with Crippen LogP contribution in [0.3, 0.4) is 0 Å². The van der Waals surface area contributed by atoms with E-state index in [0.29, 0.717) is 18.1 Å². The van der Waals surface area contributed by atoms with Crippen molar-refractivity contribution in [3.8, 4) is 0 Å². The number of nitrogens with one attached hydrogen (secondary N) is 1. The zero-order chi connectivity index (χ0) is 13.7. The van der Waals surface area contributed by atoms with Gasteiger partial charge in [-0.05, 0) is 49.9 Å². The average molecular weight is 267 g/mol. The molecule has 0 aromatic heterocycles. The topological polar surface area (TPSA) is 41.5 Å². The van der Waals surface area contributed by atoms with E-state index >= 15 is 0 Å². The van der Waals surface area contributed by atoms with E-state index in [1.807, 2.05) is 0 Å². The van der Waals surface area contributed by atoms with Crippen molar-refractivity contribution in [3.63, 3.8) is 0 Å². The number of aryl methyl sites for hydroxylation is 1. The van der Waals surface area contributed by atoms with Crippen LogP contribution in [0.1, 0.15) is 36.5 Å². The molecule has 1 aliphatic rings. The fraction of sp³-hybridized carbons (Fsp3) is 0.600. The van der Waals surface area contributed by atoms with Gasteiger partial charge in [-0.15, -0.1) is 0 Å². The Kier molecular flexibility index (Phi) is 5.31. The molecule has 0 radical (unpaired) electrons. The Bertz CT molecular complexity index is 405. The lowest BCUT2D eigenvalue weighted by Crippen LogP contribution is -2.27. The number of aliphatic hydroxyl groups is 1. The lowest BCUT2D eigenvalue weighted by atomic mass is 10.0. The molecule has 106 valence electrons. The number of hydrogen-bond acceptors (Lipinski definition) is 3. The fourth-order valence-corrected chi connectivity index (χ4v) is 2.35. The fourth-order valence-electron chi connectivity index (χ4n) is 2.35. The maximum atomic E-state index is 13.1. The first-order valence-electron chi connectivity index (χ1n) is 6.93. The van der Waals surface area contributed by atoms with Crippen molar-refractivity contribution in [1.29, 1.82) is 0 Å². The Labute approximate surface area is 113 Å². The summed E-state index contributed by atoms with van der Waals surface area (Å²) < 4.78 is 18.6. The zero-order valence-corrected chi connectivity index (χ0v) is 11.4. The number of aliphatic hydroxyl groups excluding tert-OH is 1. The van der Waals surface area contributed by atoms with Crippen LogP contribution in [0.5, 0.6) is 0 Å². The molecule has 0 bridgehead atoms. The van der Waals surface area contributed by atoms with Crippen LogP contribution in [0.4, 0.5) is 4.39 Å². The van der Waals surface area contributed by atoms with Gasteiger partial charge in [-0.1, -0.05) is 12.1 Å². The van der Waals surface area contributed by atoms with Gasteiger partial charge >= 0.3 is 0 Å². The van der Waals surface area contributed by atoms with Gasteiger partial charge in [0.25, 0.3) is 0 Å². The van der Waals surface area contributed by atoms with Crippen molar-refractivity contribution in [2.75, 3.05) is 19.7 Å². The molecule has 19 heavy (non-hydrogen) atoms. The summed E-state index contributed by atoms with van der Waals surface area (Å²) in [5, 5.41) is 13.3. The van der Waals surface area contributed by atoms with E-state index in [2.05, 4.69) is 5.32 Å². The zero-order valence-electron chi connectivity index (χ0n) is 11.4. The van der Waals surface area contributed by atoms with Crippen molar-refractivity contribution in [2.45, 2.75) is 38.4 Å². The van der Waals surface area contributed by atoms with Gasteiger partial charge in [0, 0.05) is 13.2 Å². The third-order valence-electron chi connectivity index (χ3n) is 3.56. The van der Waals surface area contributed by atoms with Crippen molar-refractivity contribution >= 4 is 0 Å². The summed E-state index contributed by atoms with van der Waals surface area (Å²) in [6.07, 6.45) is 2.66. The minimum atomic E-state index is -0.545. The number of benzene rings is 1. The largest absolute Gasteiger partial charge is 0.388 e. The molecule has 1 aromatic carbocycles. The van der Waals surface area contributed by atoms with Gasteiger partial charge < -0.3 is 15.2 Å². The summed E-state index contributed by atoms with van der Waals surface area (Å²) in [6.45, 7) is 4.15. The first kappa shape index (κ1) is 14.4. The second-order valence-corrected chi connectivity index (χ2v) is 5.15. The molecule has 1 aromatic rings. The summed E-state index contributed by atoms with van der Waals surface area (Å²) in [6, 6.07) is 4.76. The molecule has 4 heteroatoms. The molecule has 0 amide bonds. The van der Waals surface area contributed by atoms with Crippen molar-refractivity contribution in [2.24, 2.45) is 0 Å². The van der Waals surface area contributed by atoms with Gasteiger partial charge in [-0.2, -0.15) is 0 Å². The van der Waals surface area contributed by atoms with Crippen LogP contribution in [0, 0.1) is 12.7 Å². The lowest BCUT2D eigenvalue weighted by molar-refractivity contribution is 0.107. The Balaban J connectivity index is 1.71. The van der Waals surface area contributed by atoms with E-state index in [-0.39, 0.29) is 5.82 Å².